The Balaban J connectivity index is 1.87. The van der Waals surface area contributed by atoms with Gasteiger partial charge in [-0.15, -0.1) is 0 Å². The molecule has 4 N–H and O–H groups in total. The van der Waals surface area contributed by atoms with Gasteiger partial charge < -0.3 is 30.5 Å². The number of fused-ring (bicyclic) bond motifs is 1. The normalized spacial score (nSPS) is 20.2. The van der Waals surface area contributed by atoms with E-state index in [0.29, 0.717) is 12.0 Å². The van der Waals surface area contributed by atoms with Crippen LogP contribution in [0.3, 0.4) is 0 Å². The van der Waals surface area contributed by atoms with E-state index in [4.69, 9.17) is 9.47 Å². The minimum atomic E-state index is -0.745. The van der Waals surface area contributed by atoms with Gasteiger partial charge in [-0.25, -0.2) is 9.18 Å². The Kier molecular flexibility index (Phi) is 6.73. The number of nitrogens with one attached hydrogen (secondary N) is 3. The van der Waals surface area contributed by atoms with Crippen LogP contribution in [0.4, 0.5) is 4.39 Å². The third kappa shape index (κ3) is 4.80. The summed E-state index contributed by atoms with van der Waals surface area (Å²) in [5.74, 6) is -1.57. The van der Waals surface area contributed by atoms with Crippen molar-refractivity contribution in [1.29, 1.82) is 0 Å². The summed E-state index contributed by atoms with van der Waals surface area (Å²) in [4.78, 5) is 24.3. The van der Waals surface area contributed by atoms with Crippen LogP contribution < -0.4 is 16.0 Å². The van der Waals surface area contributed by atoms with Gasteiger partial charge in [0.15, 0.2) is 5.70 Å². The lowest BCUT2D eigenvalue weighted by Gasteiger charge is -2.37. The first-order valence-corrected chi connectivity index (χ1v) is 9.40. The van der Waals surface area contributed by atoms with Gasteiger partial charge in [0.2, 0.25) is 5.91 Å². The molecule has 30 heavy (non-hydrogen) atoms. The first-order chi connectivity index (χ1) is 14.4. The number of ether oxygens (including phenoxy) is 2. The summed E-state index contributed by atoms with van der Waals surface area (Å²) in [7, 11) is 2.70. The molecule has 9 heteroatoms. The third-order valence-electron chi connectivity index (χ3n) is 4.82. The van der Waals surface area contributed by atoms with Crippen molar-refractivity contribution in [3.8, 4) is 0 Å². The molecule has 0 radical (unpaired) electrons. The van der Waals surface area contributed by atoms with E-state index in [1.54, 1.807) is 18.3 Å². The standard InChI is InChI=1S/C21H24FN3O5/c1-29-8-7-16(26)24-20-15-10-13(9-12-3-5-14(22)6-4-12)11-23-17(15)19(27)18(25-20)21(28)30-2/h3-6,10-11,17,20,23,25,27H,7-9H2,1-2H3,(H,24,26). The number of allylic oxidation sites excluding steroid dienone is 2. The average molecular weight is 417 g/mol. The summed E-state index contributed by atoms with van der Waals surface area (Å²) in [6.45, 7) is 0.250. The zero-order valence-electron chi connectivity index (χ0n) is 16.7. The molecule has 160 valence electrons. The van der Waals surface area contributed by atoms with Gasteiger partial charge in [0.1, 0.15) is 23.8 Å². The zero-order chi connectivity index (χ0) is 21.7. The fraction of sp³-hybridized carbons (Fsp3) is 0.333. The van der Waals surface area contributed by atoms with E-state index >= 15 is 0 Å². The molecule has 8 nitrogen and oxygen atoms in total. The lowest BCUT2D eigenvalue weighted by Crippen LogP contribution is -2.56. The van der Waals surface area contributed by atoms with Crippen LogP contribution in [0.15, 0.2) is 59.1 Å². The van der Waals surface area contributed by atoms with Crippen molar-refractivity contribution in [3.63, 3.8) is 0 Å². The third-order valence-corrected chi connectivity index (χ3v) is 4.82. The van der Waals surface area contributed by atoms with E-state index in [1.165, 1.54) is 26.4 Å². The Bertz CT molecular complexity index is 908. The Morgan fingerprint density at radius 2 is 1.97 bits per heavy atom. The van der Waals surface area contributed by atoms with E-state index in [2.05, 4.69) is 16.0 Å². The molecule has 0 spiro atoms. The van der Waals surface area contributed by atoms with Gasteiger partial charge in [-0.05, 0) is 29.7 Å². The van der Waals surface area contributed by atoms with Crippen molar-refractivity contribution in [3.05, 3.63) is 70.5 Å². The lowest BCUT2D eigenvalue weighted by atomic mass is 9.90. The predicted octanol–water partition coefficient (Wildman–Crippen LogP) is 1.17. The minimum absolute atomic E-state index is 0.125. The van der Waals surface area contributed by atoms with Gasteiger partial charge in [0, 0.05) is 18.9 Å². The molecule has 2 unspecified atom stereocenters. The smallest absolute Gasteiger partial charge is 0.357 e. The number of carbonyl (C=O) groups is 2. The molecule has 2 atom stereocenters. The molecule has 2 heterocycles. The molecular weight excluding hydrogens is 393 g/mol. The molecule has 0 aliphatic carbocycles. The minimum Gasteiger partial charge on any atom is -0.507 e. The van der Waals surface area contributed by atoms with Crippen LogP contribution in [0.5, 0.6) is 0 Å². The zero-order valence-corrected chi connectivity index (χ0v) is 16.7. The number of esters is 1. The van der Waals surface area contributed by atoms with Gasteiger partial charge in [0.05, 0.1) is 20.1 Å². The molecule has 0 saturated carbocycles. The number of hydrogen-bond acceptors (Lipinski definition) is 7. The second kappa shape index (κ2) is 9.45. The highest BCUT2D eigenvalue weighted by molar-refractivity contribution is 5.89. The molecule has 0 saturated heterocycles. The number of benzene rings is 1. The largest absolute Gasteiger partial charge is 0.507 e. The van der Waals surface area contributed by atoms with Crippen LogP contribution in [0.25, 0.3) is 0 Å². The molecular formula is C21H24FN3O5. The lowest BCUT2D eigenvalue weighted by molar-refractivity contribution is -0.137. The SMILES string of the molecule is COCCC(=O)NC1NC(C(=O)OC)=C(O)C2NC=C(Cc3ccc(F)cc3)C=C12. The van der Waals surface area contributed by atoms with Crippen LogP contribution in [0.2, 0.25) is 0 Å². The number of methoxy groups -OCH3 is 2. The van der Waals surface area contributed by atoms with Gasteiger partial charge in [-0.1, -0.05) is 18.2 Å². The maximum Gasteiger partial charge on any atom is 0.357 e. The van der Waals surface area contributed by atoms with Crippen molar-refractivity contribution in [2.75, 3.05) is 20.8 Å². The number of amides is 1. The number of dihydropyridines is 1. The van der Waals surface area contributed by atoms with Gasteiger partial charge in [0.25, 0.3) is 0 Å². The van der Waals surface area contributed by atoms with Crippen LogP contribution in [0.1, 0.15) is 12.0 Å². The quantitative estimate of drug-likeness (QED) is 0.493. The first kappa shape index (κ1) is 21.4. The maximum atomic E-state index is 13.2. The molecule has 0 bridgehead atoms. The molecule has 1 aromatic carbocycles. The topological polar surface area (TPSA) is 109 Å². The van der Waals surface area contributed by atoms with E-state index < -0.39 is 18.2 Å². The summed E-state index contributed by atoms with van der Waals surface area (Å²) >= 11 is 0. The summed E-state index contributed by atoms with van der Waals surface area (Å²) < 4.78 is 22.8. The fourth-order valence-electron chi connectivity index (χ4n) is 3.31. The Morgan fingerprint density at radius 3 is 2.63 bits per heavy atom. The molecule has 0 aromatic heterocycles. The number of rotatable bonds is 7. The number of aliphatic hydroxyl groups is 1. The highest BCUT2D eigenvalue weighted by atomic mass is 19.1. The van der Waals surface area contributed by atoms with Crippen molar-refractivity contribution in [2.24, 2.45) is 0 Å². The van der Waals surface area contributed by atoms with Crippen LogP contribution in [0, 0.1) is 5.82 Å². The van der Waals surface area contributed by atoms with Crippen molar-refractivity contribution in [1.82, 2.24) is 16.0 Å². The summed E-state index contributed by atoms with van der Waals surface area (Å²) in [6, 6.07) is 5.46. The average Bonchev–Trinajstić information content (AvgIpc) is 2.75. The van der Waals surface area contributed by atoms with E-state index in [1.807, 2.05) is 6.08 Å². The Labute approximate surface area is 173 Å². The number of hydrogen-bond donors (Lipinski definition) is 4. The number of halogens is 1. The Hall–Kier alpha value is -3.33. The van der Waals surface area contributed by atoms with Gasteiger partial charge in [-0.2, -0.15) is 0 Å². The first-order valence-electron chi connectivity index (χ1n) is 9.40. The second-order valence-electron chi connectivity index (χ2n) is 6.91. The predicted molar refractivity (Wildman–Crippen MR) is 106 cm³/mol. The number of carbonyl (C=O) groups excluding carboxylic acids is 2. The molecule has 2 aliphatic heterocycles. The molecule has 1 aromatic rings. The van der Waals surface area contributed by atoms with Crippen molar-refractivity contribution >= 4 is 11.9 Å². The molecule has 0 fully saturated rings. The van der Waals surface area contributed by atoms with Crippen molar-refractivity contribution < 1.29 is 28.6 Å². The molecule has 2 aliphatic rings. The number of aliphatic hydroxyl groups excluding tert-OH is 1. The fourth-order valence-corrected chi connectivity index (χ4v) is 3.31. The van der Waals surface area contributed by atoms with Gasteiger partial charge >= 0.3 is 5.97 Å². The van der Waals surface area contributed by atoms with E-state index in [0.717, 1.165) is 11.1 Å². The molecule has 1 amide bonds. The highest BCUT2D eigenvalue weighted by Gasteiger charge is 2.38. The Morgan fingerprint density at radius 1 is 1.23 bits per heavy atom. The van der Waals surface area contributed by atoms with E-state index in [-0.39, 0.29) is 36.2 Å². The van der Waals surface area contributed by atoms with Crippen LogP contribution in [-0.2, 0) is 25.5 Å². The second-order valence-corrected chi connectivity index (χ2v) is 6.91. The van der Waals surface area contributed by atoms with Crippen LogP contribution >= 0.6 is 0 Å². The van der Waals surface area contributed by atoms with Crippen molar-refractivity contribution in [2.45, 2.75) is 25.0 Å². The maximum absolute atomic E-state index is 13.2. The highest BCUT2D eigenvalue weighted by Crippen LogP contribution is 2.27. The van der Waals surface area contributed by atoms with Gasteiger partial charge in [-0.3, -0.25) is 4.79 Å². The van der Waals surface area contributed by atoms with Crippen LogP contribution in [-0.4, -0.2) is 50.0 Å². The van der Waals surface area contributed by atoms with E-state index in [9.17, 15) is 19.1 Å². The summed E-state index contributed by atoms with van der Waals surface area (Å²) in [6.07, 6.45) is 3.47. The monoisotopic (exact) mass is 417 g/mol. The summed E-state index contributed by atoms with van der Waals surface area (Å²) in [5.41, 5.74) is 2.27. The molecule has 3 rings (SSSR count). The summed E-state index contributed by atoms with van der Waals surface area (Å²) in [5, 5.41) is 19.3.